The fourth-order valence-electron chi connectivity index (χ4n) is 5.56. The Labute approximate surface area is 248 Å². The second-order valence-corrected chi connectivity index (χ2v) is 12.2. The van der Waals surface area contributed by atoms with Crippen LogP contribution in [0.2, 0.25) is 0 Å². The predicted octanol–water partition coefficient (Wildman–Crippen LogP) is 4.50. The average molecular weight is 619 g/mol. The van der Waals surface area contributed by atoms with E-state index in [0.29, 0.717) is 63.4 Å². The van der Waals surface area contributed by atoms with E-state index in [2.05, 4.69) is 24.9 Å². The number of carbonyl (C=O) groups is 1. The molecule has 5 rings (SSSR count). The first-order valence-electron chi connectivity index (χ1n) is 14.1. The summed E-state index contributed by atoms with van der Waals surface area (Å²) in [6, 6.07) is 10.6. The van der Waals surface area contributed by atoms with E-state index in [1.165, 1.54) is 12.1 Å². The molecule has 3 N–H and O–H groups in total. The van der Waals surface area contributed by atoms with Crippen molar-refractivity contribution in [2.75, 3.05) is 54.2 Å². The standard InChI is InChI=1S/C29H33F3N6O4S/c30-29(31,32)25-12-14-34-28(35-25)38-18-16-37(17-19-38)15-5-13-33-22-8-3-4-9-24(22)43(41,42)36-23-11-10-20-6-1-2-7-21(20)26(23)27(39)40/h3-4,8-12,14,33,36H,1-2,5-7,13,15-19H2,(H,39,40). The molecule has 3 aromatic rings. The maximum Gasteiger partial charge on any atom is 0.433 e. The molecule has 0 atom stereocenters. The van der Waals surface area contributed by atoms with Crippen LogP contribution in [0.4, 0.5) is 30.5 Å². The van der Waals surface area contributed by atoms with Crippen molar-refractivity contribution in [3.8, 4) is 0 Å². The minimum absolute atomic E-state index is 0.00549. The molecular weight excluding hydrogens is 585 g/mol. The van der Waals surface area contributed by atoms with E-state index in [4.69, 9.17) is 0 Å². The molecule has 1 saturated heterocycles. The number of halogens is 3. The van der Waals surface area contributed by atoms with Gasteiger partial charge in [0.15, 0.2) is 0 Å². The number of carboxylic acid groups (broad SMARTS) is 1. The van der Waals surface area contributed by atoms with Crippen molar-refractivity contribution >= 4 is 33.3 Å². The number of alkyl halides is 3. The number of para-hydroxylation sites is 1. The van der Waals surface area contributed by atoms with Gasteiger partial charge in [-0.1, -0.05) is 18.2 Å². The molecule has 2 heterocycles. The molecule has 0 bridgehead atoms. The highest BCUT2D eigenvalue weighted by Crippen LogP contribution is 2.32. The molecule has 0 spiro atoms. The van der Waals surface area contributed by atoms with Crippen LogP contribution in [0.3, 0.4) is 0 Å². The molecule has 2 aliphatic rings. The third-order valence-electron chi connectivity index (χ3n) is 7.72. The lowest BCUT2D eigenvalue weighted by Crippen LogP contribution is -2.47. The van der Waals surface area contributed by atoms with Crippen molar-refractivity contribution in [2.24, 2.45) is 0 Å². The first-order chi connectivity index (χ1) is 20.5. The van der Waals surface area contributed by atoms with Crippen LogP contribution in [-0.2, 0) is 29.0 Å². The first kappa shape index (κ1) is 30.5. The molecule has 0 amide bonds. The van der Waals surface area contributed by atoms with Gasteiger partial charge in [0, 0.05) is 38.9 Å². The van der Waals surface area contributed by atoms with E-state index >= 15 is 0 Å². The zero-order valence-electron chi connectivity index (χ0n) is 23.4. The van der Waals surface area contributed by atoms with Gasteiger partial charge in [0.05, 0.1) is 16.9 Å². The third kappa shape index (κ3) is 7.19. The second kappa shape index (κ2) is 12.8. The number of rotatable bonds is 10. The number of carboxylic acids is 1. The maximum absolute atomic E-state index is 13.4. The molecule has 0 radical (unpaired) electrons. The molecule has 0 unspecified atom stereocenters. The van der Waals surface area contributed by atoms with Crippen LogP contribution in [0, 0.1) is 0 Å². The summed E-state index contributed by atoms with van der Waals surface area (Å²) >= 11 is 0. The van der Waals surface area contributed by atoms with Crippen molar-refractivity contribution in [3.05, 3.63) is 71.0 Å². The summed E-state index contributed by atoms with van der Waals surface area (Å²) in [5.74, 6) is -1.10. The van der Waals surface area contributed by atoms with Gasteiger partial charge >= 0.3 is 12.1 Å². The summed E-state index contributed by atoms with van der Waals surface area (Å²) in [7, 11) is -4.10. The van der Waals surface area contributed by atoms with Gasteiger partial charge in [-0.15, -0.1) is 0 Å². The van der Waals surface area contributed by atoms with Crippen molar-refractivity contribution in [3.63, 3.8) is 0 Å². The Balaban J connectivity index is 1.17. The molecule has 1 aromatic heterocycles. The lowest BCUT2D eigenvalue weighted by atomic mass is 9.87. The minimum atomic E-state index is -4.52. The number of hydrogen-bond acceptors (Lipinski definition) is 8. The summed E-state index contributed by atoms with van der Waals surface area (Å²) in [6.45, 7) is 3.41. The number of aromatic nitrogens is 2. The average Bonchev–Trinajstić information content (AvgIpc) is 2.99. The van der Waals surface area contributed by atoms with Crippen LogP contribution in [0.25, 0.3) is 0 Å². The Morgan fingerprint density at radius 2 is 1.72 bits per heavy atom. The summed E-state index contributed by atoms with van der Waals surface area (Å²) in [5.41, 5.74) is 1.13. The molecule has 0 saturated carbocycles. The first-order valence-corrected chi connectivity index (χ1v) is 15.6. The Hall–Kier alpha value is -3.91. The Morgan fingerprint density at radius 3 is 2.47 bits per heavy atom. The van der Waals surface area contributed by atoms with E-state index in [1.54, 1.807) is 29.2 Å². The Bertz CT molecular complexity index is 1580. The summed E-state index contributed by atoms with van der Waals surface area (Å²) < 4.78 is 68.4. The van der Waals surface area contributed by atoms with Crippen molar-refractivity contribution in [2.45, 2.75) is 43.2 Å². The Kier molecular flexibility index (Phi) is 9.06. The van der Waals surface area contributed by atoms with Gasteiger partial charge in [0.2, 0.25) is 5.95 Å². The van der Waals surface area contributed by atoms with Gasteiger partial charge in [0.1, 0.15) is 10.6 Å². The number of anilines is 3. The van der Waals surface area contributed by atoms with E-state index in [9.17, 15) is 31.5 Å². The molecule has 230 valence electrons. The largest absolute Gasteiger partial charge is 0.478 e. The predicted molar refractivity (Wildman–Crippen MR) is 156 cm³/mol. The zero-order chi connectivity index (χ0) is 30.6. The number of nitrogens with one attached hydrogen (secondary N) is 2. The van der Waals surface area contributed by atoms with Crippen molar-refractivity contribution < 1.29 is 31.5 Å². The summed E-state index contributed by atoms with van der Waals surface area (Å²) in [5, 5.41) is 13.1. The van der Waals surface area contributed by atoms with Gasteiger partial charge in [-0.05, 0) is 74.0 Å². The fraction of sp³-hybridized carbons (Fsp3) is 0.414. The van der Waals surface area contributed by atoms with Gasteiger partial charge < -0.3 is 15.3 Å². The third-order valence-corrected chi connectivity index (χ3v) is 9.15. The van der Waals surface area contributed by atoms with E-state index in [0.717, 1.165) is 37.1 Å². The minimum Gasteiger partial charge on any atom is -0.478 e. The molecule has 14 heteroatoms. The highest BCUT2D eigenvalue weighted by atomic mass is 32.2. The van der Waals surface area contributed by atoms with E-state index in [1.807, 2.05) is 0 Å². The number of fused-ring (bicyclic) bond motifs is 1. The molecule has 2 aromatic carbocycles. The number of aryl methyl sites for hydroxylation is 1. The van der Waals surface area contributed by atoms with Gasteiger partial charge in [0.25, 0.3) is 10.0 Å². The van der Waals surface area contributed by atoms with Crippen molar-refractivity contribution in [1.29, 1.82) is 0 Å². The topological polar surface area (TPSA) is 128 Å². The van der Waals surface area contributed by atoms with Gasteiger partial charge in [-0.3, -0.25) is 9.62 Å². The van der Waals surface area contributed by atoms with Crippen LogP contribution < -0.4 is 14.9 Å². The van der Waals surface area contributed by atoms with Gasteiger partial charge in [-0.25, -0.2) is 23.2 Å². The lowest BCUT2D eigenvalue weighted by Gasteiger charge is -2.34. The van der Waals surface area contributed by atoms with E-state index < -0.39 is 27.9 Å². The molecule has 43 heavy (non-hydrogen) atoms. The van der Waals surface area contributed by atoms with Crippen LogP contribution >= 0.6 is 0 Å². The van der Waals surface area contributed by atoms with Gasteiger partial charge in [-0.2, -0.15) is 13.2 Å². The number of sulfonamides is 1. The van der Waals surface area contributed by atoms with E-state index in [-0.39, 0.29) is 22.1 Å². The van der Waals surface area contributed by atoms with Crippen LogP contribution in [0.5, 0.6) is 0 Å². The fourth-order valence-corrected chi connectivity index (χ4v) is 6.82. The summed E-state index contributed by atoms with van der Waals surface area (Å²) in [4.78, 5) is 23.7. The SMILES string of the molecule is O=C(O)c1c(NS(=O)(=O)c2ccccc2NCCCN2CCN(c3nccc(C(F)(F)F)n3)CC2)ccc2c1CCCC2. The normalized spacial score (nSPS) is 16.0. The van der Waals surface area contributed by atoms with Crippen LogP contribution in [0.1, 0.15) is 46.4 Å². The van der Waals surface area contributed by atoms with Crippen LogP contribution in [0.15, 0.2) is 53.6 Å². The highest BCUT2D eigenvalue weighted by Gasteiger charge is 2.33. The van der Waals surface area contributed by atoms with Crippen LogP contribution in [-0.4, -0.2) is 73.6 Å². The molecule has 1 fully saturated rings. The number of hydrogen-bond donors (Lipinski definition) is 3. The summed E-state index contributed by atoms with van der Waals surface area (Å²) in [6.07, 6.45) is 0.485. The molecule has 1 aliphatic heterocycles. The molecule has 1 aliphatic carbocycles. The Morgan fingerprint density at radius 1 is 0.977 bits per heavy atom. The maximum atomic E-state index is 13.4. The number of piperazine rings is 1. The number of aromatic carboxylic acids is 1. The molecular formula is C29H33F3N6O4S. The zero-order valence-corrected chi connectivity index (χ0v) is 24.2. The second-order valence-electron chi connectivity index (χ2n) is 10.6. The quantitative estimate of drug-likeness (QED) is 0.282. The highest BCUT2D eigenvalue weighted by molar-refractivity contribution is 7.92. The number of benzene rings is 2. The van der Waals surface area contributed by atoms with Crippen molar-refractivity contribution in [1.82, 2.24) is 14.9 Å². The molecule has 10 nitrogen and oxygen atoms in total. The monoisotopic (exact) mass is 618 g/mol. The smallest absolute Gasteiger partial charge is 0.433 e. The number of nitrogens with zero attached hydrogens (tertiary/aromatic N) is 4. The lowest BCUT2D eigenvalue weighted by molar-refractivity contribution is -0.141.